The predicted octanol–water partition coefficient (Wildman–Crippen LogP) is 4.31. The molecule has 1 fully saturated rings. The molecule has 0 aliphatic carbocycles. The second kappa shape index (κ2) is 7.63. The first-order chi connectivity index (χ1) is 13.5. The third kappa shape index (κ3) is 3.73. The Bertz CT molecular complexity index is 991. The van der Waals surface area contributed by atoms with E-state index in [1.54, 1.807) is 12.3 Å². The topological polar surface area (TPSA) is 81.3 Å². The number of carbonyl (C=O) groups is 1. The van der Waals surface area contributed by atoms with Crippen molar-refractivity contribution in [2.24, 2.45) is 0 Å². The number of hydrogen-bond acceptors (Lipinski definition) is 4. The smallest absolute Gasteiger partial charge is 0.319 e. The number of aromatic nitrogens is 2. The van der Waals surface area contributed by atoms with Crippen molar-refractivity contribution in [1.29, 1.82) is 0 Å². The van der Waals surface area contributed by atoms with Crippen LogP contribution in [-0.4, -0.2) is 29.0 Å². The van der Waals surface area contributed by atoms with E-state index in [1.807, 2.05) is 24.7 Å². The highest BCUT2D eigenvalue weighted by Gasteiger charge is 2.20. The van der Waals surface area contributed by atoms with Crippen molar-refractivity contribution in [3.8, 4) is 0 Å². The monoisotopic (exact) mass is 386 g/mol. The van der Waals surface area contributed by atoms with Crippen LogP contribution in [0, 0.1) is 12.7 Å². The molecule has 1 aliphatic heterocycles. The van der Waals surface area contributed by atoms with Crippen LogP contribution in [-0.2, 0) is 4.74 Å². The van der Waals surface area contributed by atoms with E-state index in [-0.39, 0.29) is 17.9 Å². The SMILES string of the molecule is Cc1c(C(C)NC(=O)Nc2cnn(C3CCOCC3)c2)oc2ccc(F)cc12. The Morgan fingerprint density at radius 3 is 2.93 bits per heavy atom. The maximum Gasteiger partial charge on any atom is 0.319 e. The minimum atomic E-state index is -0.374. The second-order valence-corrected chi connectivity index (χ2v) is 7.10. The number of urea groups is 1. The van der Waals surface area contributed by atoms with Gasteiger partial charge in [-0.15, -0.1) is 0 Å². The molecule has 3 heterocycles. The van der Waals surface area contributed by atoms with Gasteiger partial charge in [-0.05, 0) is 44.9 Å². The molecule has 2 amide bonds. The number of ether oxygens (including phenoxy) is 1. The highest BCUT2D eigenvalue weighted by molar-refractivity contribution is 5.89. The first-order valence-corrected chi connectivity index (χ1v) is 9.39. The number of furan rings is 1. The predicted molar refractivity (Wildman–Crippen MR) is 103 cm³/mol. The number of aryl methyl sites for hydroxylation is 1. The van der Waals surface area contributed by atoms with Gasteiger partial charge in [0.1, 0.15) is 17.2 Å². The fraction of sp³-hybridized carbons (Fsp3) is 0.400. The molecule has 0 spiro atoms. The lowest BCUT2D eigenvalue weighted by atomic mass is 10.1. The number of fused-ring (bicyclic) bond motifs is 1. The van der Waals surface area contributed by atoms with Gasteiger partial charge >= 0.3 is 6.03 Å². The van der Waals surface area contributed by atoms with E-state index < -0.39 is 0 Å². The molecule has 7 nitrogen and oxygen atoms in total. The summed E-state index contributed by atoms with van der Waals surface area (Å²) >= 11 is 0. The van der Waals surface area contributed by atoms with Gasteiger partial charge in [-0.1, -0.05) is 0 Å². The maximum absolute atomic E-state index is 13.5. The number of nitrogens with zero attached hydrogens (tertiary/aromatic N) is 2. The van der Waals surface area contributed by atoms with Crippen LogP contribution in [0.4, 0.5) is 14.9 Å². The largest absolute Gasteiger partial charge is 0.459 e. The Labute approximate surface area is 161 Å². The zero-order chi connectivity index (χ0) is 19.7. The highest BCUT2D eigenvalue weighted by atomic mass is 19.1. The van der Waals surface area contributed by atoms with Crippen molar-refractivity contribution in [3.63, 3.8) is 0 Å². The Balaban J connectivity index is 1.41. The summed E-state index contributed by atoms with van der Waals surface area (Å²) in [4.78, 5) is 12.4. The van der Waals surface area contributed by atoms with Gasteiger partial charge in [0.05, 0.1) is 24.0 Å². The van der Waals surface area contributed by atoms with Gasteiger partial charge < -0.3 is 19.8 Å². The van der Waals surface area contributed by atoms with Crippen molar-refractivity contribution < 1.29 is 18.3 Å². The van der Waals surface area contributed by atoms with E-state index in [1.165, 1.54) is 12.1 Å². The molecule has 0 radical (unpaired) electrons. The summed E-state index contributed by atoms with van der Waals surface area (Å²) in [5, 5.41) is 10.7. The lowest BCUT2D eigenvalue weighted by Crippen LogP contribution is -2.31. The van der Waals surface area contributed by atoms with E-state index in [9.17, 15) is 9.18 Å². The normalized spacial score (nSPS) is 16.2. The fourth-order valence-electron chi connectivity index (χ4n) is 3.61. The summed E-state index contributed by atoms with van der Waals surface area (Å²) in [5.74, 6) is 0.288. The minimum Gasteiger partial charge on any atom is -0.459 e. The molecule has 2 N–H and O–H groups in total. The van der Waals surface area contributed by atoms with Crippen LogP contribution in [0.15, 0.2) is 35.0 Å². The molecular weight excluding hydrogens is 363 g/mol. The summed E-state index contributed by atoms with van der Waals surface area (Å²) < 4.78 is 26.5. The molecular formula is C20H23FN4O3. The van der Waals surface area contributed by atoms with E-state index in [2.05, 4.69) is 15.7 Å². The van der Waals surface area contributed by atoms with Gasteiger partial charge in [-0.25, -0.2) is 9.18 Å². The molecule has 1 aliphatic rings. The molecule has 0 saturated carbocycles. The van der Waals surface area contributed by atoms with Gasteiger partial charge in [0, 0.05) is 30.4 Å². The van der Waals surface area contributed by atoms with Crippen LogP contribution >= 0.6 is 0 Å². The Morgan fingerprint density at radius 2 is 2.14 bits per heavy atom. The molecule has 2 aromatic heterocycles. The lowest BCUT2D eigenvalue weighted by molar-refractivity contribution is 0.0662. The van der Waals surface area contributed by atoms with Crippen LogP contribution in [0.2, 0.25) is 0 Å². The zero-order valence-corrected chi connectivity index (χ0v) is 15.9. The molecule has 3 aromatic rings. The van der Waals surface area contributed by atoms with Crippen molar-refractivity contribution >= 4 is 22.7 Å². The number of rotatable bonds is 4. The number of carbonyl (C=O) groups excluding carboxylic acids is 1. The number of halogens is 1. The number of hydrogen-bond donors (Lipinski definition) is 2. The van der Waals surface area contributed by atoms with Gasteiger partial charge in [0.15, 0.2) is 0 Å². The second-order valence-electron chi connectivity index (χ2n) is 7.10. The first kappa shape index (κ1) is 18.5. The van der Waals surface area contributed by atoms with Crippen molar-refractivity contribution in [2.75, 3.05) is 18.5 Å². The molecule has 1 unspecified atom stereocenters. The highest BCUT2D eigenvalue weighted by Crippen LogP contribution is 2.30. The summed E-state index contributed by atoms with van der Waals surface area (Å²) in [5.41, 5.74) is 2.04. The van der Waals surface area contributed by atoms with E-state index >= 15 is 0 Å². The van der Waals surface area contributed by atoms with Crippen LogP contribution in [0.1, 0.15) is 43.2 Å². The molecule has 4 rings (SSSR count). The summed E-state index contributed by atoms with van der Waals surface area (Å²) in [6.07, 6.45) is 5.29. The standard InChI is InChI=1S/C20H23FN4O3/c1-12-17-9-14(21)3-4-18(17)28-19(12)13(2)23-20(26)24-15-10-22-25(11-15)16-5-7-27-8-6-16/h3-4,9-11,13,16H,5-8H2,1-2H3,(H2,23,24,26). The van der Waals surface area contributed by atoms with Gasteiger partial charge in [-0.2, -0.15) is 5.10 Å². The molecule has 0 bridgehead atoms. The number of amides is 2. The summed E-state index contributed by atoms with van der Waals surface area (Å²) in [6.45, 7) is 5.14. The number of benzene rings is 1. The lowest BCUT2D eigenvalue weighted by Gasteiger charge is -2.22. The average Bonchev–Trinajstić information content (AvgIpc) is 3.27. The molecule has 1 atom stereocenters. The first-order valence-electron chi connectivity index (χ1n) is 9.39. The molecule has 8 heteroatoms. The van der Waals surface area contributed by atoms with E-state index in [0.717, 1.165) is 31.6 Å². The third-order valence-corrected chi connectivity index (χ3v) is 5.10. The van der Waals surface area contributed by atoms with E-state index in [4.69, 9.17) is 9.15 Å². The number of anilines is 1. The molecule has 1 saturated heterocycles. The van der Waals surface area contributed by atoms with Gasteiger partial charge in [0.2, 0.25) is 0 Å². The molecule has 148 valence electrons. The van der Waals surface area contributed by atoms with Gasteiger partial charge in [0.25, 0.3) is 0 Å². The molecule has 1 aromatic carbocycles. The average molecular weight is 386 g/mol. The Kier molecular flexibility index (Phi) is 5.04. The maximum atomic E-state index is 13.5. The minimum absolute atomic E-state index is 0.296. The van der Waals surface area contributed by atoms with Crippen LogP contribution in [0.3, 0.4) is 0 Å². The van der Waals surface area contributed by atoms with E-state index in [0.29, 0.717) is 28.5 Å². The Morgan fingerprint density at radius 1 is 1.36 bits per heavy atom. The van der Waals surface area contributed by atoms with Gasteiger partial charge in [-0.3, -0.25) is 4.68 Å². The fourth-order valence-corrected chi connectivity index (χ4v) is 3.61. The van der Waals surface area contributed by atoms with Crippen molar-refractivity contribution in [1.82, 2.24) is 15.1 Å². The van der Waals surface area contributed by atoms with Crippen LogP contribution in [0.25, 0.3) is 11.0 Å². The summed E-state index contributed by atoms with van der Waals surface area (Å²) in [6, 6.07) is 3.96. The molecule has 28 heavy (non-hydrogen) atoms. The third-order valence-electron chi connectivity index (χ3n) is 5.10. The quantitative estimate of drug-likeness (QED) is 0.700. The van der Waals surface area contributed by atoms with Crippen molar-refractivity contribution in [2.45, 2.75) is 38.8 Å². The van der Waals surface area contributed by atoms with Crippen LogP contribution < -0.4 is 10.6 Å². The Hall–Kier alpha value is -2.87. The summed E-state index contributed by atoms with van der Waals surface area (Å²) in [7, 11) is 0. The van der Waals surface area contributed by atoms with Crippen LogP contribution in [0.5, 0.6) is 0 Å². The van der Waals surface area contributed by atoms with Crippen molar-refractivity contribution in [3.05, 3.63) is 47.7 Å². The number of nitrogens with one attached hydrogen (secondary N) is 2. The zero-order valence-electron chi connectivity index (χ0n) is 15.9.